The van der Waals surface area contributed by atoms with E-state index >= 15 is 0 Å². The van der Waals surface area contributed by atoms with E-state index in [0.29, 0.717) is 45.9 Å². The highest BCUT2D eigenvalue weighted by atomic mass is 16.7. The van der Waals surface area contributed by atoms with Gasteiger partial charge in [0.05, 0.1) is 36.2 Å². The number of fused-ring (bicyclic) bond motifs is 1. The summed E-state index contributed by atoms with van der Waals surface area (Å²) < 4.78 is 4.82. The summed E-state index contributed by atoms with van der Waals surface area (Å²) in [5, 5.41) is 6.28. The van der Waals surface area contributed by atoms with Crippen molar-refractivity contribution in [2.24, 2.45) is 0 Å². The fourth-order valence-electron chi connectivity index (χ4n) is 5.11. The average Bonchev–Trinajstić information content (AvgIpc) is 3.33. The van der Waals surface area contributed by atoms with Crippen molar-refractivity contribution >= 4 is 40.4 Å². The third kappa shape index (κ3) is 6.52. The van der Waals surface area contributed by atoms with Crippen LogP contribution in [0.3, 0.4) is 0 Å². The lowest BCUT2D eigenvalue weighted by Crippen LogP contribution is -2.45. The summed E-state index contributed by atoms with van der Waals surface area (Å²) in [6, 6.07) is 19.9. The van der Waals surface area contributed by atoms with Gasteiger partial charge < -0.3 is 20.3 Å². The molecule has 2 aliphatic heterocycles. The fraction of sp³-hybridized carbons (Fsp3) is 0.281. The Morgan fingerprint density at radius 3 is 2.43 bits per heavy atom. The normalized spacial score (nSPS) is 16.4. The van der Waals surface area contributed by atoms with E-state index in [9.17, 15) is 14.4 Å². The van der Waals surface area contributed by atoms with Crippen LogP contribution in [-0.4, -0.2) is 81.1 Å². The summed E-state index contributed by atoms with van der Waals surface area (Å²) in [7, 11) is 3.43. The monoisotopic (exact) mass is 569 g/mol. The second kappa shape index (κ2) is 13.0. The second-order valence-electron chi connectivity index (χ2n) is 10.4. The molecule has 10 nitrogen and oxygen atoms in total. The van der Waals surface area contributed by atoms with Crippen molar-refractivity contribution in [2.45, 2.75) is 6.92 Å². The van der Waals surface area contributed by atoms with Gasteiger partial charge in [0, 0.05) is 49.5 Å². The molecule has 2 amide bonds. The smallest absolute Gasteiger partial charge is 0.337 e. The number of esters is 1. The minimum atomic E-state index is -0.481. The molecule has 3 aromatic carbocycles. The summed E-state index contributed by atoms with van der Waals surface area (Å²) in [6.07, 6.45) is 0. The summed E-state index contributed by atoms with van der Waals surface area (Å²) in [4.78, 5) is 48.2. The number of aryl methyl sites for hydroxylation is 1. The second-order valence-corrected chi connectivity index (χ2v) is 10.4. The number of hydroxylamine groups is 1. The number of benzene rings is 3. The predicted molar refractivity (Wildman–Crippen MR) is 162 cm³/mol. The molecule has 0 bridgehead atoms. The highest BCUT2D eigenvalue weighted by Crippen LogP contribution is 2.38. The van der Waals surface area contributed by atoms with Crippen LogP contribution in [0.15, 0.2) is 66.7 Å². The largest absolute Gasteiger partial charge is 0.465 e. The van der Waals surface area contributed by atoms with Gasteiger partial charge in [0.25, 0.3) is 11.8 Å². The number of carbonyl (C=O) groups excluding carboxylic acids is 3. The number of nitrogens with zero attached hydrogens (tertiary/aromatic N) is 2. The molecule has 218 valence electrons. The Balaban J connectivity index is 1.33. The van der Waals surface area contributed by atoms with Crippen LogP contribution in [-0.2, 0) is 14.4 Å². The lowest BCUT2D eigenvalue weighted by molar-refractivity contribution is -0.110. The van der Waals surface area contributed by atoms with Gasteiger partial charge in [-0.05, 0) is 55.4 Å². The van der Waals surface area contributed by atoms with Gasteiger partial charge in [-0.1, -0.05) is 36.4 Å². The van der Waals surface area contributed by atoms with Crippen LogP contribution in [0.25, 0.3) is 11.3 Å². The number of hydrogen-bond acceptors (Lipinski definition) is 8. The molecular formula is C32H35N5O5. The molecule has 0 saturated carbocycles. The van der Waals surface area contributed by atoms with E-state index < -0.39 is 5.97 Å². The number of amides is 2. The molecule has 0 unspecified atom stereocenters. The number of anilines is 2. The van der Waals surface area contributed by atoms with Crippen molar-refractivity contribution in [3.63, 3.8) is 0 Å². The van der Waals surface area contributed by atoms with E-state index in [1.165, 1.54) is 7.11 Å². The van der Waals surface area contributed by atoms with Crippen molar-refractivity contribution in [2.75, 3.05) is 64.1 Å². The van der Waals surface area contributed by atoms with Gasteiger partial charge in [-0.15, -0.1) is 0 Å². The van der Waals surface area contributed by atoms with E-state index in [1.807, 2.05) is 43.3 Å². The Morgan fingerprint density at radius 2 is 1.71 bits per heavy atom. The molecule has 0 aliphatic carbocycles. The van der Waals surface area contributed by atoms with Crippen molar-refractivity contribution in [1.82, 2.24) is 15.3 Å². The van der Waals surface area contributed by atoms with Gasteiger partial charge in [0.2, 0.25) is 0 Å². The number of methoxy groups -OCH3 is 1. The SMILES string of the molecule is COC(=O)c1ccc2c(c1)NC(=O)/C2=C(\Nc1ccc(C(=O)NOCCN2CCN(C)CC2)c(C)c1)c1ccccc1. The Hall–Kier alpha value is -4.51. The first-order chi connectivity index (χ1) is 20.3. The molecule has 0 spiro atoms. The molecular weight excluding hydrogens is 534 g/mol. The molecule has 1 fully saturated rings. The van der Waals surface area contributed by atoms with Crippen LogP contribution in [0.1, 0.15) is 37.4 Å². The maximum Gasteiger partial charge on any atom is 0.337 e. The van der Waals surface area contributed by atoms with E-state index in [-0.39, 0.29) is 11.8 Å². The fourth-order valence-corrected chi connectivity index (χ4v) is 5.11. The number of carbonyl (C=O) groups is 3. The molecule has 0 aromatic heterocycles. The molecule has 2 aliphatic rings. The van der Waals surface area contributed by atoms with Gasteiger partial charge in [0.15, 0.2) is 0 Å². The van der Waals surface area contributed by atoms with E-state index in [2.05, 4.69) is 33.0 Å². The van der Waals surface area contributed by atoms with Gasteiger partial charge in [-0.25, -0.2) is 10.3 Å². The summed E-state index contributed by atoms with van der Waals surface area (Å²) >= 11 is 0. The lowest BCUT2D eigenvalue weighted by Gasteiger charge is -2.32. The summed E-state index contributed by atoms with van der Waals surface area (Å²) in [6.45, 7) is 7.06. The molecule has 1 saturated heterocycles. The zero-order chi connectivity index (χ0) is 29.6. The molecule has 5 rings (SSSR count). The number of rotatable bonds is 9. The number of ether oxygens (including phenoxy) is 1. The standard InChI is InChI=1S/C32H35N5O5/c1-21-19-24(10-12-25(21)30(38)35-42-18-17-37-15-13-36(2)14-16-37)33-29(22-7-5-4-6-8-22)28-26-11-9-23(32(40)41-3)20-27(26)34-31(28)39/h4-12,19-20,33H,13-18H2,1-3H3,(H,34,39)(H,35,38)/b29-28-. The quantitative estimate of drug-likeness (QED) is 0.155. The maximum atomic E-state index is 13.2. The van der Waals surface area contributed by atoms with Crippen LogP contribution in [0.2, 0.25) is 0 Å². The first-order valence-corrected chi connectivity index (χ1v) is 13.9. The molecule has 2 heterocycles. The minimum Gasteiger partial charge on any atom is -0.465 e. The molecule has 3 N–H and O–H groups in total. The van der Waals surface area contributed by atoms with Gasteiger partial charge in [-0.2, -0.15) is 0 Å². The summed E-state index contributed by atoms with van der Waals surface area (Å²) in [5.41, 5.74) is 7.90. The third-order valence-electron chi connectivity index (χ3n) is 7.51. The van der Waals surface area contributed by atoms with Gasteiger partial charge in [0.1, 0.15) is 0 Å². The van der Waals surface area contributed by atoms with Crippen LogP contribution in [0, 0.1) is 6.92 Å². The van der Waals surface area contributed by atoms with E-state index in [1.54, 1.807) is 30.3 Å². The lowest BCUT2D eigenvalue weighted by atomic mass is 9.98. The highest BCUT2D eigenvalue weighted by Gasteiger charge is 2.29. The Bertz CT molecular complexity index is 1510. The van der Waals surface area contributed by atoms with Crippen molar-refractivity contribution in [3.8, 4) is 0 Å². The topological polar surface area (TPSA) is 112 Å². The maximum absolute atomic E-state index is 13.2. The molecule has 0 radical (unpaired) electrons. The first-order valence-electron chi connectivity index (χ1n) is 13.9. The predicted octanol–water partition coefficient (Wildman–Crippen LogP) is 3.62. The number of nitrogens with one attached hydrogen (secondary N) is 3. The summed E-state index contributed by atoms with van der Waals surface area (Å²) in [5.74, 6) is -1.09. The van der Waals surface area contributed by atoms with E-state index in [0.717, 1.165) is 43.9 Å². The molecule has 42 heavy (non-hydrogen) atoms. The molecule has 3 aromatic rings. The highest BCUT2D eigenvalue weighted by molar-refractivity contribution is 6.37. The van der Waals surface area contributed by atoms with Gasteiger partial charge >= 0.3 is 5.97 Å². The zero-order valence-electron chi connectivity index (χ0n) is 24.0. The van der Waals surface area contributed by atoms with Crippen molar-refractivity contribution < 1.29 is 24.0 Å². The number of piperazine rings is 1. The Morgan fingerprint density at radius 1 is 0.952 bits per heavy atom. The minimum absolute atomic E-state index is 0.292. The van der Waals surface area contributed by atoms with Crippen LogP contribution in [0.5, 0.6) is 0 Å². The van der Waals surface area contributed by atoms with Crippen molar-refractivity contribution in [1.29, 1.82) is 0 Å². The van der Waals surface area contributed by atoms with Crippen LogP contribution in [0.4, 0.5) is 11.4 Å². The number of likely N-dealkylation sites (N-methyl/N-ethyl adjacent to an activating group) is 1. The van der Waals surface area contributed by atoms with Crippen LogP contribution >= 0.6 is 0 Å². The molecule has 0 atom stereocenters. The van der Waals surface area contributed by atoms with E-state index in [4.69, 9.17) is 9.57 Å². The third-order valence-corrected chi connectivity index (χ3v) is 7.51. The Labute approximate surface area is 245 Å². The van der Waals surface area contributed by atoms with Crippen molar-refractivity contribution in [3.05, 3.63) is 94.5 Å². The number of hydrogen-bond donors (Lipinski definition) is 3. The Kier molecular flexibility index (Phi) is 8.97. The zero-order valence-corrected chi connectivity index (χ0v) is 24.0. The van der Waals surface area contributed by atoms with Gasteiger partial charge in [-0.3, -0.25) is 19.3 Å². The first kappa shape index (κ1) is 29.0. The average molecular weight is 570 g/mol. The van der Waals surface area contributed by atoms with Crippen LogP contribution < -0.4 is 16.1 Å². The molecule has 10 heteroatoms.